The molecule has 0 aromatic carbocycles. The Morgan fingerprint density at radius 2 is 1.92 bits per heavy atom. The lowest BCUT2D eigenvalue weighted by Gasteiger charge is -2.36. The molecule has 1 saturated heterocycles. The maximum absolute atomic E-state index is 12.4. The number of urea groups is 1. The maximum atomic E-state index is 12.4. The third-order valence-corrected chi connectivity index (χ3v) is 5.78. The Hall–Kier alpha value is -1.28. The molecular formula is C17H30N4O3S. The van der Waals surface area contributed by atoms with E-state index in [0.29, 0.717) is 5.75 Å². The lowest BCUT2D eigenvalue weighted by Crippen LogP contribution is -2.63. The molecule has 142 valence electrons. The van der Waals surface area contributed by atoms with Crippen LogP contribution < -0.4 is 5.32 Å². The number of aliphatic hydroxyl groups excluding tert-OH is 1. The van der Waals surface area contributed by atoms with E-state index in [1.54, 1.807) is 14.0 Å². The lowest BCUT2D eigenvalue weighted by atomic mass is 10.1. The first-order valence-electron chi connectivity index (χ1n) is 9.18. The number of imide groups is 1. The van der Waals surface area contributed by atoms with Gasteiger partial charge in [-0.15, -0.1) is 0 Å². The number of aliphatic hydroxyl groups is 1. The summed E-state index contributed by atoms with van der Waals surface area (Å²) in [5, 5.41) is 12.7. The molecule has 25 heavy (non-hydrogen) atoms. The van der Waals surface area contributed by atoms with Crippen molar-refractivity contribution in [1.82, 2.24) is 15.1 Å². The van der Waals surface area contributed by atoms with Gasteiger partial charge in [-0.05, 0) is 13.3 Å². The van der Waals surface area contributed by atoms with E-state index in [0.717, 1.165) is 24.6 Å². The molecule has 3 unspecified atom stereocenters. The fraction of sp³-hybridized carbons (Fsp3) is 0.824. The number of thioether (sulfide) groups is 1. The number of nitrogens with one attached hydrogen (secondary N) is 1. The van der Waals surface area contributed by atoms with E-state index in [9.17, 15) is 14.7 Å². The average molecular weight is 371 g/mol. The van der Waals surface area contributed by atoms with Gasteiger partial charge < -0.3 is 14.9 Å². The highest BCUT2D eigenvalue weighted by Gasteiger charge is 2.48. The molecule has 0 radical (unpaired) electrons. The van der Waals surface area contributed by atoms with Gasteiger partial charge in [-0.2, -0.15) is 0 Å². The number of hydrogen-bond donors (Lipinski definition) is 2. The van der Waals surface area contributed by atoms with Crippen LogP contribution in [0, 0.1) is 0 Å². The summed E-state index contributed by atoms with van der Waals surface area (Å²) in [6, 6.07) is -0.869. The zero-order chi connectivity index (χ0) is 18.4. The molecule has 3 amide bonds. The Bertz CT molecular complexity index is 512. The first-order chi connectivity index (χ1) is 12.0. The van der Waals surface area contributed by atoms with Gasteiger partial charge in [-0.25, -0.2) is 9.79 Å². The fourth-order valence-electron chi connectivity index (χ4n) is 3.11. The molecule has 0 aliphatic carbocycles. The van der Waals surface area contributed by atoms with E-state index < -0.39 is 24.3 Å². The molecule has 2 N–H and O–H groups in total. The number of likely N-dealkylation sites (N-methyl/N-ethyl adjacent to an activating group) is 1. The number of amidine groups is 1. The number of aliphatic imine (C=N–C) groups is 1. The zero-order valence-corrected chi connectivity index (χ0v) is 16.2. The third-order valence-electron chi connectivity index (χ3n) is 4.53. The predicted octanol–water partition coefficient (Wildman–Crippen LogP) is 2.01. The van der Waals surface area contributed by atoms with Gasteiger partial charge in [0.2, 0.25) is 0 Å². The number of amides is 3. The Kier molecular flexibility index (Phi) is 7.56. The van der Waals surface area contributed by atoms with Gasteiger partial charge in [0, 0.05) is 19.3 Å². The standard InChI is InChI=1S/C17H30N4O3S/c1-4-5-6-7-8-9-10-21-13-14(18-17(21)25-11-12(2)22)20(3)16(24)19-15(13)23/h12-14,22H,4-11H2,1-3H3,(H,19,23,24). The molecule has 2 heterocycles. The largest absolute Gasteiger partial charge is 0.393 e. The minimum atomic E-state index is -0.474. The SMILES string of the molecule is CCCCCCCCN1C(SCC(C)O)=NC2C1C(=O)NC(=O)N2C. The fourth-order valence-corrected chi connectivity index (χ4v) is 4.06. The summed E-state index contributed by atoms with van der Waals surface area (Å²) in [4.78, 5) is 32.3. The van der Waals surface area contributed by atoms with E-state index in [2.05, 4.69) is 17.2 Å². The summed E-state index contributed by atoms with van der Waals surface area (Å²) in [5.74, 6) is 0.236. The third kappa shape index (κ3) is 5.10. The molecule has 0 aromatic heterocycles. The van der Waals surface area contributed by atoms with Crippen LogP contribution in [0.4, 0.5) is 4.79 Å². The predicted molar refractivity (Wildman–Crippen MR) is 101 cm³/mol. The number of nitrogens with zero attached hydrogens (tertiary/aromatic N) is 3. The van der Waals surface area contributed by atoms with Gasteiger partial charge in [0.15, 0.2) is 17.4 Å². The molecule has 3 atom stereocenters. The van der Waals surface area contributed by atoms with Gasteiger partial charge >= 0.3 is 6.03 Å². The summed E-state index contributed by atoms with van der Waals surface area (Å²) in [7, 11) is 1.66. The highest BCUT2D eigenvalue weighted by atomic mass is 32.2. The van der Waals surface area contributed by atoms with E-state index >= 15 is 0 Å². The molecule has 2 rings (SSSR count). The molecule has 0 saturated carbocycles. The van der Waals surface area contributed by atoms with Crippen molar-refractivity contribution in [2.75, 3.05) is 19.3 Å². The van der Waals surface area contributed by atoms with Gasteiger partial charge in [0.05, 0.1) is 6.10 Å². The monoisotopic (exact) mass is 370 g/mol. The smallest absolute Gasteiger partial charge is 0.325 e. The second kappa shape index (κ2) is 9.43. The molecule has 8 heteroatoms. The lowest BCUT2D eigenvalue weighted by molar-refractivity contribution is -0.127. The Labute approximate surface area is 154 Å². The number of fused-ring (bicyclic) bond motifs is 1. The minimum absolute atomic E-state index is 0.282. The number of carbonyl (C=O) groups is 2. The minimum Gasteiger partial charge on any atom is -0.393 e. The van der Waals surface area contributed by atoms with Gasteiger partial charge in [-0.1, -0.05) is 50.8 Å². The van der Waals surface area contributed by atoms with Gasteiger partial charge in [0.25, 0.3) is 5.91 Å². The molecule has 0 spiro atoms. The average Bonchev–Trinajstić information content (AvgIpc) is 2.93. The highest BCUT2D eigenvalue weighted by Crippen LogP contribution is 2.29. The maximum Gasteiger partial charge on any atom is 0.325 e. The van der Waals surface area contributed by atoms with E-state index in [-0.39, 0.29) is 5.91 Å². The number of hydrogen-bond acceptors (Lipinski definition) is 6. The van der Waals surface area contributed by atoms with Crippen LogP contribution in [0.1, 0.15) is 52.4 Å². The van der Waals surface area contributed by atoms with Crippen LogP contribution in [-0.4, -0.2) is 69.7 Å². The van der Waals surface area contributed by atoms with Crippen LogP contribution in [0.2, 0.25) is 0 Å². The topological polar surface area (TPSA) is 85.2 Å². The van der Waals surface area contributed by atoms with E-state index in [1.165, 1.54) is 42.3 Å². The van der Waals surface area contributed by atoms with E-state index in [1.807, 2.05) is 4.90 Å². The first kappa shape index (κ1) is 20.0. The van der Waals surface area contributed by atoms with Crippen molar-refractivity contribution in [1.29, 1.82) is 0 Å². The van der Waals surface area contributed by atoms with Crippen LogP contribution >= 0.6 is 11.8 Å². The summed E-state index contributed by atoms with van der Waals surface area (Å²) in [6.07, 6.45) is 6.14. The molecular weight excluding hydrogens is 340 g/mol. The summed E-state index contributed by atoms with van der Waals surface area (Å²) in [5.41, 5.74) is 0. The Morgan fingerprint density at radius 1 is 1.24 bits per heavy atom. The van der Waals surface area contributed by atoms with Gasteiger partial charge in [0.1, 0.15) is 0 Å². The van der Waals surface area contributed by atoms with Gasteiger partial charge in [-0.3, -0.25) is 10.1 Å². The Morgan fingerprint density at radius 3 is 2.60 bits per heavy atom. The summed E-state index contributed by atoms with van der Waals surface area (Å²) >= 11 is 1.45. The highest BCUT2D eigenvalue weighted by molar-refractivity contribution is 8.13. The van der Waals surface area contributed by atoms with Crippen LogP contribution in [-0.2, 0) is 4.79 Å². The molecule has 1 fully saturated rings. The van der Waals surface area contributed by atoms with Crippen molar-refractivity contribution < 1.29 is 14.7 Å². The molecule has 0 bridgehead atoms. The number of rotatable bonds is 9. The van der Waals surface area contributed by atoms with Crippen molar-refractivity contribution in [3.63, 3.8) is 0 Å². The summed E-state index contributed by atoms with van der Waals surface area (Å²) in [6.45, 7) is 4.68. The first-order valence-corrected chi connectivity index (χ1v) is 10.2. The van der Waals surface area contributed by atoms with Crippen LogP contribution in [0.3, 0.4) is 0 Å². The molecule has 2 aliphatic rings. The zero-order valence-electron chi connectivity index (χ0n) is 15.4. The van der Waals surface area contributed by atoms with Crippen LogP contribution in [0.5, 0.6) is 0 Å². The second-order valence-electron chi connectivity index (χ2n) is 6.80. The van der Waals surface area contributed by atoms with E-state index in [4.69, 9.17) is 0 Å². The summed E-state index contributed by atoms with van der Waals surface area (Å²) < 4.78 is 0. The molecule has 2 aliphatic heterocycles. The van der Waals surface area contributed by atoms with Crippen molar-refractivity contribution >= 4 is 28.9 Å². The quantitative estimate of drug-likeness (QED) is 0.607. The second-order valence-corrected chi connectivity index (χ2v) is 7.78. The molecule has 0 aromatic rings. The van der Waals surface area contributed by atoms with Crippen molar-refractivity contribution in [2.45, 2.75) is 70.7 Å². The van der Waals surface area contributed by atoms with Crippen molar-refractivity contribution in [2.24, 2.45) is 4.99 Å². The van der Waals surface area contributed by atoms with Crippen LogP contribution in [0.15, 0.2) is 4.99 Å². The Balaban J connectivity index is 2.00. The number of unbranched alkanes of at least 4 members (excludes halogenated alkanes) is 5. The van der Waals surface area contributed by atoms with Crippen molar-refractivity contribution in [3.05, 3.63) is 0 Å². The van der Waals surface area contributed by atoms with Crippen LogP contribution in [0.25, 0.3) is 0 Å². The molecule has 7 nitrogen and oxygen atoms in total. The van der Waals surface area contributed by atoms with Crippen molar-refractivity contribution in [3.8, 4) is 0 Å². The number of carbonyl (C=O) groups excluding carboxylic acids is 2. The normalized spacial score (nSPS) is 24.2.